The Bertz CT molecular complexity index is 2310. The van der Waals surface area contributed by atoms with Gasteiger partial charge in [-0.25, -0.2) is 9.97 Å². The number of hydrogen-bond acceptors (Lipinski definition) is 4. The van der Waals surface area contributed by atoms with Crippen LogP contribution in [-0.2, 0) is 5.54 Å². The van der Waals surface area contributed by atoms with E-state index in [0.717, 1.165) is 48.9 Å². The Morgan fingerprint density at radius 2 is 1.31 bits per heavy atom. The first-order chi connectivity index (χ1) is 24.0. The van der Waals surface area contributed by atoms with Crippen LogP contribution in [0.3, 0.4) is 0 Å². The summed E-state index contributed by atoms with van der Waals surface area (Å²) in [5.41, 5.74) is 7.47. The van der Waals surface area contributed by atoms with E-state index in [1.165, 1.54) is 0 Å². The van der Waals surface area contributed by atoms with Crippen molar-refractivity contribution >= 4 is 43.8 Å². The maximum atomic E-state index is 13.5. The molecule has 3 heterocycles. The van der Waals surface area contributed by atoms with Crippen LogP contribution in [0.25, 0.3) is 33.2 Å². The number of fused-ring (bicyclic) bond motifs is 2. The molecule has 1 unspecified atom stereocenters. The summed E-state index contributed by atoms with van der Waals surface area (Å²) in [6.07, 6.45) is 3.59. The number of H-pyrrole nitrogens is 1. The number of nitrogens with zero attached hydrogens (tertiary/aromatic N) is 4. The third kappa shape index (κ3) is 5.40. The number of aromatic amines is 1. The molecule has 0 fully saturated rings. The largest absolute Gasteiger partial charge is 0.343 e. The zero-order valence-corrected chi connectivity index (χ0v) is 28.2. The third-order valence-electron chi connectivity index (χ3n) is 9.06. The van der Waals surface area contributed by atoms with Crippen LogP contribution in [0.2, 0.25) is 0 Å². The lowest BCUT2D eigenvalue weighted by molar-refractivity contribution is 0.0930. The summed E-state index contributed by atoms with van der Waals surface area (Å²) in [5, 5.41) is 7.86. The lowest BCUT2D eigenvalue weighted by Crippen LogP contribution is -2.38. The minimum Gasteiger partial charge on any atom is -0.343 e. The average Bonchev–Trinajstić information content (AvgIpc) is 3.74. The second-order valence-corrected chi connectivity index (χ2v) is 12.9. The molecule has 0 spiro atoms. The molecular formula is C41H31BrN6O. The van der Waals surface area contributed by atoms with Crippen LogP contribution in [0, 0.1) is 0 Å². The van der Waals surface area contributed by atoms with Gasteiger partial charge in [0.15, 0.2) is 0 Å². The summed E-state index contributed by atoms with van der Waals surface area (Å²) in [6.45, 7) is 1.95. The van der Waals surface area contributed by atoms with Crippen molar-refractivity contribution in [1.29, 1.82) is 0 Å². The lowest BCUT2D eigenvalue weighted by atomic mass is 9.77. The van der Waals surface area contributed by atoms with Gasteiger partial charge in [0.1, 0.15) is 5.54 Å². The van der Waals surface area contributed by atoms with Gasteiger partial charge in [-0.05, 0) is 65.6 Å². The number of carbonyl (C=O) groups is 1. The van der Waals surface area contributed by atoms with Crippen molar-refractivity contribution in [3.63, 3.8) is 0 Å². The van der Waals surface area contributed by atoms with Crippen LogP contribution in [0.4, 0.5) is 0 Å². The molecule has 8 heteroatoms. The number of benzene rings is 5. The van der Waals surface area contributed by atoms with E-state index in [1.807, 2.05) is 73.7 Å². The van der Waals surface area contributed by atoms with Crippen LogP contribution in [-0.4, -0.2) is 30.6 Å². The highest BCUT2D eigenvalue weighted by molar-refractivity contribution is 9.10. The van der Waals surface area contributed by atoms with E-state index in [-0.39, 0.29) is 17.8 Å². The number of imidazole rings is 1. The Labute approximate surface area is 291 Å². The molecule has 1 amide bonds. The summed E-state index contributed by atoms with van der Waals surface area (Å²) in [7, 11) is 0. The van der Waals surface area contributed by atoms with Gasteiger partial charge < -0.3 is 5.32 Å². The SMILES string of the molecule is CC(NC(=O)c1nc2cc3c(-c4ccncc4)[nH]n(C(c4ccccc4)(c4ccccc4)c4ccccc4)c3cc2n1)c1cccc(Br)c1. The first kappa shape index (κ1) is 30.5. The highest BCUT2D eigenvalue weighted by Gasteiger charge is 2.40. The summed E-state index contributed by atoms with van der Waals surface area (Å²) in [6, 6.07) is 47.3. The minimum absolute atomic E-state index is 0.130. The Morgan fingerprint density at radius 1 is 0.735 bits per heavy atom. The van der Waals surface area contributed by atoms with Crippen LogP contribution >= 0.6 is 15.9 Å². The van der Waals surface area contributed by atoms with Gasteiger partial charge in [0.2, 0.25) is 5.82 Å². The molecule has 49 heavy (non-hydrogen) atoms. The number of nitrogens with one attached hydrogen (secondary N) is 2. The second kappa shape index (κ2) is 12.6. The number of carbonyl (C=O) groups excluding carboxylic acids is 1. The number of aromatic nitrogens is 5. The molecule has 7 nitrogen and oxygen atoms in total. The first-order valence-corrected chi connectivity index (χ1v) is 16.9. The number of hydrogen-bond donors (Lipinski definition) is 2. The fraction of sp³-hybridized carbons (Fsp3) is 0.0732. The van der Waals surface area contributed by atoms with Gasteiger partial charge in [0.25, 0.3) is 5.91 Å². The Balaban J connectivity index is 1.37. The highest BCUT2D eigenvalue weighted by atomic mass is 79.9. The van der Waals surface area contributed by atoms with Crippen molar-refractivity contribution in [3.05, 3.63) is 184 Å². The third-order valence-corrected chi connectivity index (χ3v) is 9.55. The van der Waals surface area contributed by atoms with E-state index >= 15 is 0 Å². The maximum absolute atomic E-state index is 13.5. The molecule has 3 aromatic heterocycles. The van der Waals surface area contributed by atoms with Gasteiger partial charge in [0, 0.05) is 27.8 Å². The fourth-order valence-corrected chi connectivity index (χ4v) is 7.18. The molecule has 0 saturated carbocycles. The Hall–Kier alpha value is -5.86. The van der Waals surface area contributed by atoms with Crippen molar-refractivity contribution in [1.82, 2.24) is 30.0 Å². The normalized spacial score (nSPS) is 12.3. The number of amides is 1. The van der Waals surface area contributed by atoms with E-state index in [0.29, 0.717) is 11.0 Å². The van der Waals surface area contributed by atoms with E-state index in [1.54, 1.807) is 12.4 Å². The zero-order valence-electron chi connectivity index (χ0n) is 26.6. The number of halogens is 1. The van der Waals surface area contributed by atoms with Crippen molar-refractivity contribution in [2.24, 2.45) is 0 Å². The van der Waals surface area contributed by atoms with E-state index in [9.17, 15) is 4.79 Å². The molecule has 0 radical (unpaired) electrons. The molecule has 5 aromatic carbocycles. The van der Waals surface area contributed by atoms with Crippen molar-refractivity contribution < 1.29 is 4.79 Å². The van der Waals surface area contributed by atoms with E-state index in [4.69, 9.17) is 9.97 Å². The van der Waals surface area contributed by atoms with Crippen molar-refractivity contribution in [2.75, 3.05) is 0 Å². The van der Waals surface area contributed by atoms with Crippen LogP contribution in [0.15, 0.2) is 156 Å². The second-order valence-electron chi connectivity index (χ2n) is 12.0. The maximum Gasteiger partial charge on any atom is 0.289 e. The fourth-order valence-electron chi connectivity index (χ4n) is 6.77. The predicted octanol–water partition coefficient (Wildman–Crippen LogP) is 9.07. The molecule has 0 aliphatic heterocycles. The Morgan fingerprint density at radius 3 is 1.88 bits per heavy atom. The lowest BCUT2D eigenvalue weighted by Gasteiger charge is -2.37. The summed E-state index contributed by atoms with van der Waals surface area (Å²) in [5.74, 6) is -0.199. The van der Waals surface area contributed by atoms with Gasteiger partial charge >= 0.3 is 0 Å². The number of rotatable bonds is 8. The molecule has 238 valence electrons. The van der Waals surface area contributed by atoms with Crippen LogP contribution in [0.5, 0.6) is 0 Å². The zero-order chi connectivity index (χ0) is 33.4. The standard InChI is InChI=1S/C41H31BrN6O/c1-27(29-12-11-19-33(42)24-29)44-40(49)39-45-35-25-34-37(26-36(35)46-39)48(47-38(34)28-20-22-43-23-21-28)41(30-13-5-2-6-14-30,31-15-7-3-8-16-31)32-17-9-4-10-18-32/h2-27,47H,1H3,(H,44,49). The van der Waals surface area contributed by atoms with Gasteiger partial charge in [-0.1, -0.05) is 119 Å². The number of pyridine rings is 1. The topological polar surface area (TPSA) is 88.5 Å². The summed E-state index contributed by atoms with van der Waals surface area (Å²) >= 11 is 3.52. The molecule has 1 atom stereocenters. The monoisotopic (exact) mass is 702 g/mol. The van der Waals surface area contributed by atoms with Crippen LogP contribution < -0.4 is 5.32 Å². The smallest absolute Gasteiger partial charge is 0.289 e. The molecule has 0 bridgehead atoms. The van der Waals surface area contributed by atoms with E-state index < -0.39 is 5.54 Å². The van der Waals surface area contributed by atoms with Crippen LogP contribution in [0.1, 0.15) is 45.8 Å². The molecule has 2 N–H and O–H groups in total. The van der Waals surface area contributed by atoms with E-state index in [2.05, 4.69) is 109 Å². The molecule has 0 aliphatic rings. The molecular weight excluding hydrogens is 672 g/mol. The summed E-state index contributed by atoms with van der Waals surface area (Å²) in [4.78, 5) is 27.3. The Kier molecular flexibility index (Phi) is 7.86. The highest BCUT2D eigenvalue weighted by Crippen LogP contribution is 2.44. The average molecular weight is 704 g/mol. The quantitative estimate of drug-likeness (QED) is 0.155. The van der Waals surface area contributed by atoms with Gasteiger partial charge in [-0.15, -0.1) is 0 Å². The van der Waals surface area contributed by atoms with Gasteiger partial charge in [0.05, 0.1) is 28.3 Å². The minimum atomic E-state index is -0.805. The van der Waals surface area contributed by atoms with Gasteiger partial charge in [-0.2, -0.15) is 0 Å². The first-order valence-electron chi connectivity index (χ1n) is 16.1. The molecule has 0 saturated heterocycles. The predicted molar refractivity (Wildman–Crippen MR) is 197 cm³/mol. The summed E-state index contributed by atoms with van der Waals surface area (Å²) < 4.78 is 3.19. The van der Waals surface area contributed by atoms with Crippen molar-refractivity contribution in [3.8, 4) is 11.3 Å². The van der Waals surface area contributed by atoms with Crippen molar-refractivity contribution in [2.45, 2.75) is 18.5 Å². The van der Waals surface area contributed by atoms with Gasteiger partial charge in [-0.3, -0.25) is 19.6 Å². The molecule has 0 aliphatic carbocycles. The molecule has 8 rings (SSSR count). The molecule has 8 aromatic rings.